The first kappa shape index (κ1) is 15.9. The highest BCUT2D eigenvalue weighted by Crippen LogP contribution is 2.17. The van der Waals surface area contributed by atoms with E-state index in [0.717, 1.165) is 0 Å². The number of carbonyl (C=O) groups is 2. The molecule has 6 heteroatoms. The average molecular weight is 319 g/mol. The predicted octanol–water partition coefficient (Wildman–Crippen LogP) is 2.39. The Labute approximate surface area is 133 Å². The first-order valence-electron chi connectivity index (χ1n) is 6.59. The number of nitrogens with two attached hydrogens (primary N) is 1. The number of amides is 2. The van der Waals surface area contributed by atoms with Gasteiger partial charge in [0.25, 0.3) is 5.91 Å². The molecule has 0 aliphatic carbocycles. The van der Waals surface area contributed by atoms with Crippen LogP contribution >= 0.6 is 11.6 Å². The predicted molar refractivity (Wildman–Crippen MR) is 84.9 cm³/mol. The number of anilines is 1. The van der Waals surface area contributed by atoms with Gasteiger partial charge >= 0.3 is 0 Å². The SMILES string of the molecule is NC(=O)Cc1ccccc1NC(=O)COc1ccc(Cl)cc1. The summed E-state index contributed by atoms with van der Waals surface area (Å²) in [6, 6.07) is 13.7. The molecule has 0 heterocycles. The van der Waals surface area contributed by atoms with Crippen molar-refractivity contribution in [1.82, 2.24) is 0 Å². The number of hydrogen-bond donors (Lipinski definition) is 2. The van der Waals surface area contributed by atoms with Crippen LogP contribution in [-0.2, 0) is 16.0 Å². The molecule has 2 amide bonds. The Balaban J connectivity index is 1.94. The Morgan fingerprint density at radius 3 is 2.45 bits per heavy atom. The third-order valence-corrected chi connectivity index (χ3v) is 3.09. The topological polar surface area (TPSA) is 81.4 Å². The van der Waals surface area contributed by atoms with E-state index in [1.807, 2.05) is 0 Å². The summed E-state index contributed by atoms with van der Waals surface area (Å²) in [6.07, 6.45) is 0.0640. The second-order valence-electron chi connectivity index (χ2n) is 4.59. The molecule has 2 rings (SSSR count). The number of halogens is 1. The Morgan fingerprint density at radius 2 is 1.77 bits per heavy atom. The van der Waals surface area contributed by atoms with Crippen molar-refractivity contribution in [2.45, 2.75) is 6.42 Å². The summed E-state index contributed by atoms with van der Waals surface area (Å²) in [6.45, 7) is -0.146. The van der Waals surface area contributed by atoms with Crippen molar-refractivity contribution >= 4 is 29.1 Å². The fourth-order valence-electron chi connectivity index (χ4n) is 1.85. The normalized spacial score (nSPS) is 10.0. The van der Waals surface area contributed by atoms with Gasteiger partial charge in [-0.2, -0.15) is 0 Å². The van der Waals surface area contributed by atoms with Gasteiger partial charge in [-0.1, -0.05) is 29.8 Å². The molecular formula is C16H15ClN2O3. The van der Waals surface area contributed by atoms with E-state index in [1.54, 1.807) is 48.5 Å². The van der Waals surface area contributed by atoms with Gasteiger partial charge in [-0.05, 0) is 35.9 Å². The Morgan fingerprint density at radius 1 is 1.09 bits per heavy atom. The minimum Gasteiger partial charge on any atom is -0.484 e. The highest BCUT2D eigenvalue weighted by molar-refractivity contribution is 6.30. The van der Waals surface area contributed by atoms with Crippen LogP contribution in [0.5, 0.6) is 5.75 Å². The summed E-state index contributed by atoms with van der Waals surface area (Å²) in [5.74, 6) is -0.240. The maximum absolute atomic E-state index is 11.9. The number of benzene rings is 2. The quantitative estimate of drug-likeness (QED) is 0.858. The van der Waals surface area contributed by atoms with E-state index in [2.05, 4.69) is 5.32 Å². The molecule has 0 fully saturated rings. The van der Waals surface area contributed by atoms with Crippen molar-refractivity contribution in [3.05, 3.63) is 59.1 Å². The molecule has 22 heavy (non-hydrogen) atoms. The third-order valence-electron chi connectivity index (χ3n) is 2.84. The minimum absolute atomic E-state index is 0.0640. The van der Waals surface area contributed by atoms with Crippen LogP contribution in [0.1, 0.15) is 5.56 Å². The summed E-state index contributed by atoms with van der Waals surface area (Å²) in [7, 11) is 0. The number of para-hydroxylation sites is 1. The fraction of sp³-hybridized carbons (Fsp3) is 0.125. The molecule has 2 aromatic carbocycles. The lowest BCUT2D eigenvalue weighted by atomic mass is 10.1. The molecule has 0 aliphatic heterocycles. The van der Waals surface area contributed by atoms with Crippen LogP contribution in [0.2, 0.25) is 5.02 Å². The molecule has 0 bridgehead atoms. The summed E-state index contributed by atoms with van der Waals surface area (Å²) in [4.78, 5) is 22.9. The van der Waals surface area contributed by atoms with E-state index < -0.39 is 5.91 Å². The molecule has 5 nitrogen and oxygen atoms in total. The average Bonchev–Trinajstić information content (AvgIpc) is 2.48. The number of nitrogens with one attached hydrogen (secondary N) is 1. The monoisotopic (exact) mass is 318 g/mol. The highest BCUT2D eigenvalue weighted by Gasteiger charge is 2.09. The van der Waals surface area contributed by atoms with Crippen LogP contribution in [0, 0.1) is 0 Å². The fourth-order valence-corrected chi connectivity index (χ4v) is 1.98. The maximum atomic E-state index is 11.9. The molecule has 0 unspecified atom stereocenters. The molecule has 0 saturated carbocycles. The van der Waals surface area contributed by atoms with Gasteiger partial charge in [-0.25, -0.2) is 0 Å². The van der Waals surface area contributed by atoms with Crippen molar-refractivity contribution in [2.24, 2.45) is 5.73 Å². The Bertz CT molecular complexity index is 671. The lowest BCUT2D eigenvalue weighted by Gasteiger charge is -2.11. The molecule has 0 radical (unpaired) electrons. The van der Waals surface area contributed by atoms with Crippen molar-refractivity contribution in [3.63, 3.8) is 0 Å². The lowest BCUT2D eigenvalue weighted by Crippen LogP contribution is -2.22. The zero-order chi connectivity index (χ0) is 15.9. The van der Waals surface area contributed by atoms with Gasteiger partial charge in [0.05, 0.1) is 6.42 Å². The van der Waals surface area contributed by atoms with Crippen LogP contribution in [-0.4, -0.2) is 18.4 Å². The van der Waals surface area contributed by atoms with Crippen molar-refractivity contribution < 1.29 is 14.3 Å². The van der Waals surface area contributed by atoms with Gasteiger partial charge in [0, 0.05) is 10.7 Å². The van der Waals surface area contributed by atoms with Crippen LogP contribution in [0.3, 0.4) is 0 Å². The van der Waals surface area contributed by atoms with E-state index in [0.29, 0.717) is 22.0 Å². The lowest BCUT2D eigenvalue weighted by molar-refractivity contribution is -0.118. The van der Waals surface area contributed by atoms with Crippen molar-refractivity contribution in [2.75, 3.05) is 11.9 Å². The van der Waals surface area contributed by atoms with Gasteiger partial charge in [0.15, 0.2) is 6.61 Å². The van der Waals surface area contributed by atoms with Crippen molar-refractivity contribution in [3.8, 4) is 5.75 Å². The van der Waals surface area contributed by atoms with E-state index in [1.165, 1.54) is 0 Å². The van der Waals surface area contributed by atoms with Gasteiger partial charge in [0.2, 0.25) is 5.91 Å². The minimum atomic E-state index is -0.459. The molecule has 3 N–H and O–H groups in total. The van der Waals surface area contributed by atoms with Crippen LogP contribution in [0.25, 0.3) is 0 Å². The molecule has 114 valence electrons. The van der Waals surface area contributed by atoms with E-state index >= 15 is 0 Å². The zero-order valence-electron chi connectivity index (χ0n) is 11.7. The molecular weight excluding hydrogens is 304 g/mol. The maximum Gasteiger partial charge on any atom is 0.262 e. The van der Waals surface area contributed by atoms with E-state index in [4.69, 9.17) is 22.1 Å². The molecule has 0 atom stereocenters. The highest BCUT2D eigenvalue weighted by atomic mass is 35.5. The smallest absolute Gasteiger partial charge is 0.262 e. The zero-order valence-corrected chi connectivity index (χ0v) is 12.5. The van der Waals surface area contributed by atoms with Gasteiger partial charge in [0.1, 0.15) is 5.75 Å². The van der Waals surface area contributed by atoms with Crippen LogP contribution in [0.4, 0.5) is 5.69 Å². The van der Waals surface area contributed by atoms with Crippen LogP contribution < -0.4 is 15.8 Å². The molecule has 0 saturated heterocycles. The first-order valence-corrected chi connectivity index (χ1v) is 6.97. The van der Waals surface area contributed by atoms with Crippen LogP contribution in [0.15, 0.2) is 48.5 Å². The van der Waals surface area contributed by atoms with Gasteiger partial charge < -0.3 is 15.8 Å². The Kier molecular flexibility index (Phi) is 5.38. The Hall–Kier alpha value is -2.53. The molecule has 0 spiro atoms. The third kappa shape index (κ3) is 4.79. The van der Waals surface area contributed by atoms with Crippen molar-refractivity contribution in [1.29, 1.82) is 0 Å². The van der Waals surface area contributed by atoms with Gasteiger partial charge in [-0.3, -0.25) is 9.59 Å². The van der Waals surface area contributed by atoms with E-state index in [9.17, 15) is 9.59 Å². The summed E-state index contributed by atoms with van der Waals surface area (Å²) in [5, 5.41) is 3.29. The first-order chi connectivity index (χ1) is 10.5. The molecule has 0 aromatic heterocycles. The number of rotatable bonds is 6. The second kappa shape index (κ2) is 7.47. The largest absolute Gasteiger partial charge is 0.484 e. The molecule has 0 aliphatic rings. The summed E-state index contributed by atoms with van der Waals surface area (Å²) in [5.41, 5.74) is 6.39. The van der Waals surface area contributed by atoms with Gasteiger partial charge in [-0.15, -0.1) is 0 Å². The van der Waals surface area contributed by atoms with E-state index in [-0.39, 0.29) is 18.9 Å². The standard InChI is InChI=1S/C16H15ClN2O3/c17-12-5-7-13(8-6-12)22-10-16(21)19-14-4-2-1-3-11(14)9-15(18)20/h1-8H,9-10H2,(H2,18,20)(H,19,21). The molecule has 2 aromatic rings. The summed E-state index contributed by atoms with van der Waals surface area (Å²) < 4.78 is 5.35. The number of carbonyl (C=O) groups excluding carboxylic acids is 2. The number of hydrogen-bond acceptors (Lipinski definition) is 3. The second-order valence-corrected chi connectivity index (χ2v) is 5.03. The summed E-state index contributed by atoms with van der Waals surface area (Å²) >= 11 is 5.77. The number of primary amides is 1. The number of ether oxygens (including phenoxy) is 1.